The molecule has 0 atom stereocenters. The summed E-state index contributed by atoms with van der Waals surface area (Å²) in [4.78, 5) is 22.8. The first-order chi connectivity index (χ1) is 10.6. The molecule has 1 rings (SSSR count). The first kappa shape index (κ1) is 19.0. The van der Waals surface area contributed by atoms with E-state index < -0.39 is 22.7 Å². The summed E-state index contributed by atoms with van der Waals surface area (Å²) in [6.07, 6.45) is -4.54. The lowest BCUT2D eigenvalue weighted by Gasteiger charge is -2.11. The number of alkyl halides is 3. The van der Waals surface area contributed by atoms with Crippen LogP contribution in [0.15, 0.2) is 23.3 Å². The minimum absolute atomic E-state index is 0.0304. The van der Waals surface area contributed by atoms with Crippen LogP contribution in [0.25, 0.3) is 0 Å². The molecule has 0 spiro atoms. The van der Waals surface area contributed by atoms with E-state index in [4.69, 9.17) is 11.6 Å². The van der Waals surface area contributed by atoms with Crippen molar-refractivity contribution in [3.8, 4) is 0 Å². The minimum Gasteiger partial charge on any atom is -0.326 e. The maximum Gasteiger partial charge on any atom is 0.417 e. The molecule has 0 aliphatic carbocycles. The van der Waals surface area contributed by atoms with E-state index in [9.17, 15) is 22.8 Å². The van der Waals surface area contributed by atoms with E-state index in [-0.39, 0.29) is 24.4 Å². The fourth-order valence-electron chi connectivity index (χ4n) is 1.53. The van der Waals surface area contributed by atoms with E-state index in [1.54, 1.807) is 6.92 Å². The van der Waals surface area contributed by atoms with E-state index in [0.717, 1.165) is 12.1 Å². The third-order valence-corrected chi connectivity index (χ3v) is 2.99. The minimum atomic E-state index is -4.61. The number of rotatable bonds is 5. The van der Waals surface area contributed by atoms with Crippen molar-refractivity contribution >= 4 is 34.8 Å². The van der Waals surface area contributed by atoms with Crippen molar-refractivity contribution in [2.24, 2.45) is 5.10 Å². The number of nitrogens with one attached hydrogen (secondary N) is 2. The highest BCUT2D eigenvalue weighted by atomic mass is 35.5. The topological polar surface area (TPSA) is 70.6 Å². The van der Waals surface area contributed by atoms with Crippen molar-refractivity contribution in [1.29, 1.82) is 0 Å². The summed E-state index contributed by atoms with van der Waals surface area (Å²) in [6, 6.07) is 3.08. The van der Waals surface area contributed by atoms with E-state index in [1.165, 1.54) is 13.0 Å². The van der Waals surface area contributed by atoms with Crippen LogP contribution >= 0.6 is 11.6 Å². The first-order valence-corrected chi connectivity index (χ1v) is 7.00. The van der Waals surface area contributed by atoms with Crippen LogP contribution in [0.5, 0.6) is 0 Å². The third kappa shape index (κ3) is 6.27. The van der Waals surface area contributed by atoms with Crippen molar-refractivity contribution in [1.82, 2.24) is 5.43 Å². The molecule has 0 saturated heterocycles. The Morgan fingerprint density at radius 1 is 1.26 bits per heavy atom. The highest BCUT2D eigenvalue weighted by Gasteiger charge is 2.33. The number of halogens is 4. The molecule has 9 heteroatoms. The maximum atomic E-state index is 12.7. The Morgan fingerprint density at radius 3 is 2.48 bits per heavy atom. The monoisotopic (exact) mass is 349 g/mol. The molecule has 126 valence electrons. The second-order valence-electron chi connectivity index (χ2n) is 4.65. The van der Waals surface area contributed by atoms with Gasteiger partial charge in [0, 0.05) is 17.8 Å². The molecule has 5 nitrogen and oxygen atoms in total. The zero-order valence-electron chi connectivity index (χ0n) is 12.4. The summed E-state index contributed by atoms with van der Waals surface area (Å²) in [5.41, 5.74) is 1.49. The molecule has 0 unspecified atom stereocenters. The largest absolute Gasteiger partial charge is 0.417 e. The van der Waals surface area contributed by atoms with Gasteiger partial charge in [-0.15, -0.1) is 0 Å². The number of carbonyl (C=O) groups is 2. The Kier molecular flexibility index (Phi) is 6.56. The Bertz CT molecular complexity index is 630. The van der Waals surface area contributed by atoms with Crippen LogP contribution in [0.2, 0.25) is 5.02 Å². The SMILES string of the molecule is CCC(=O)N/N=C(\C)CC(=O)Nc1ccc(Cl)c(C(F)(F)F)c1. The lowest BCUT2D eigenvalue weighted by molar-refractivity contribution is -0.137. The standard InChI is InChI=1S/C14H15ClF3N3O2/c1-3-12(22)21-20-8(2)6-13(23)19-9-4-5-11(15)10(7-9)14(16,17)18/h4-5,7H,3,6H2,1-2H3,(H,19,23)(H,21,22)/b20-8+. The molecule has 1 aromatic rings. The van der Waals surface area contributed by atoms with Crippen LogP contribution in [0.3, 0.4) is 0 Å². The number of hydrogen-bond acceptors (Lipinski definition) is 3. The molecule has 0 aromatic heterocycles. The van der Waals surface area contributed by atoms with Gasteiger partial charge < -0.3 is 5.32 Å². The van der Waals surface area contributed by atoms with Crippen LogP contribution in [0.1, 0.15) is 32.3 Å². The molecule has 0 aliphatic rings. The van der Waals surface area contributed by atoms with Crippen LogP contribution in [-0.2, 0) is 15.8 Å². The second kappa shape index (κ2) is 7.96. The van der Waals surface area contributed by atoms with Crippen molar-refractivity contribution in [2.75, 3.05) is 5.32 Å². The number of carbonyl (C=O) groups excluding carboxylic acids is 2. The van der Waals surface area contributed by atoms with Gasteiger partial charge in [0.25, 0.3) is 0 Å². The molecule has 1 aromatic carbocycles. The number of nitrogens with zero attached hydrogens (tertiary/aromatic N) is 1. The Balaban J connectivity index is 2.73. The van der Waals surface area contributed by atoms with E-state index in [1.807, 2.05) is 0 Å². The van der Waals surface area contributed by atoms with Gasteiger partial charge in [-0.3, -0.25) is 9.59 Å². The van der Waals surface area contributed by atoms with Gasteiger partial charge in [0.15, 0.2) is 0 Å². The highest BCUT2D eigenvalue weighted by Crippen LogP contribution is 2.36. The molecule has 0 radical (unpaired) electrons. The van der Waals surface area contributed by atoms with Gasteiger partial charge in [-0.25, -0.2) is 5.43 Å². The Morgan fingerprint density at radius 2 is 1.91 bits per heavy atom. The Labute approximate surface area is 135 Å². The number of hydrazone groups is 1. The molecular weight excluding hydrogens is 335 g/mol. The molecule has 0 bridgehead atoms. The van der Waals surface area contributed by atoms with Crippen molar-refractivity contribution in [3.63, 3.8) is 0 Å². The van der Waals surface area contributed by atoms with Crippen LogP contribution in [-0.4, -0.2) is 17.5 Å². The number of benzene rings is 1. The lowest BCUT2D eigenvalue weighted by atomic mass is 10.2. The molecule has 2 amide bonds. The van der Waals surface area contributed by atoms with Crippen molar-refractivity contribution in [3.05, 3.63) is 28.8 Å². The summed E-state index contributed by atoms with van der Waals surface area (Å²) in [5.74, 6) is -0.871. The molecule has 0 aliphatic heterocycles. The summed E-state index contributed by atoms with van der Waals surface area (Å²) < 4.78 is 38.2. The first-order valence-electron chi connectivity index (χ1n) is 6.62. The quantitative estimate of drug-likeness (QED) is 0.630. The third-order valence-electron chi connectivity index (χ3n) is 2.66. The summed E-state index contributed by atoms with van der Waals surface area (Å²) in [5, 5.41) is 5.58. The number of amides is 2. The average molecular weight is 350 g/mol. The highest BCUT2D eigenvalue weighted by molar-refractivity contribution is 6.31. The van der Waals surface area contributed by atoms with Crippen LogP contribution in [0, 0.1) is 0 Å². The van der Waals surface area contributed by atoms with Gasteiger partial charge in [-0.1, -0.05) is 18.5 Å². The van der Waals surface area contributed by atoms with Gasteiger partial charge in [-0.05, 0) is 25.1 Å². The molecule has 23 heavy (non-hydrogen) atoms. The molecule has 0 saturated carbocycles. The van der Waals surface area contributed by atoms with Gasteiger partial charge in [0.1, 0.15) is 0 Å². The van der Waals surface area contributed by atoms with Crippen molar-refractivity contribution < 1.29 is 22.8 Å². The van der Waals surface area contributed by atoms with Gasteiger partial charge >= 0.3 is 6.18 Å². The maximum absolute atomic E-state index is 12.7. The second-order valence-corrected chi connectivity index (χ2v) is 5.06. The van der Waals surface area contributed by atoms with Crippen molar-refractivity contribution in [2.45, 2.75) is 32.9 Å². The van der Waals surface area contributed by atoms with Gasteiger partial charge in [0.05, 0.1) is 17.0 Å². The smallest absolute Gasteiger partial charge is 0.326 e. The summed E-state index contributed by atoms with van der Waals surface area (Å²) in [7, 11) is 0. The molecule has 0 fully saturated rings. The average Bonchev–Trinajstić information content (AvgIpc) is 2.45. The fraction of sp³-hybridized carbons (Fsp3) is 0.357. The van der Waals surface area contributed by atoms with Gasteiger partial charge in [-0.2, -0.15) is 18.3 Å². The summed E-state index contributed by atoms with van der Waals surface area (Å²) >= 11 is 5.49. The number of anilines is 1. The molecule has 0 heterocycles. The zero-order chi connectivity index (χ0) is 17.6. The van der Waals surface area contributed by atoms with Gasteiger partial charge in [0.2, 0.25) is 11.8 Å². The van der Waals surface area contributed by atoms with E-state index in [0.29, 0.717) is 5.71 Å². The molecule has 2 N–H and O–H groups in total. The zero-order valence-corrected chi connectivity index (χ0v) is 13.2. The summed E-state index contributed by atoms with van der Waals surface area (Å²) in [6.45, 7) is 3.16. The predicted molar refractivity (Wildman–Crippen MR) is 81.2 cm³/mol. The lowest BCUT2D eigenvalue weighted by Crippen LogP contribution is -2.20. The van der Waals surface area contributed by atoms with E-state index in [2.05, 4.69) is 15.8 Å². The fourth-order valence-corrected chi connectivity index (χ4v) is 1.76. The van der Waals surface area contributed by atoms with Crippen LogP contribution in [0.4, 0.5) is 18.9 Å². The predicted octanol–water partition coefficient (Wildman–Crippen LogP) is 3.59. The Hall–Kier alpha value is -2.09. The van der Waals surface area contributed by atoms with E-state index >= 15 is 0 Å². The molecular formula is C14H15ClF3N3O2. The van der Waals surface area contributed by atoms with Crippen LogP contribution < -0.4 is 10.7 Å². The normalized spacial score (nSPS) is 12.0. The number of hydrogen-bond donors (Lipinski definition) is 2.